The zero-order valence-electron chi connectivity index (χ0n) is 10.4. The van der Waals surface area contributed by atoms with E-state index in [1.807, 2.05) is 18.2 Å². The van der Waals surface area contributed by atoms with Crippen LogP contribution in [-0.4, -0.2) is 22.5 Å². The van der Waals surface area contributed by atoms with Crippen LogP contribution in [0.5, 0.6) is 5.75 Å². The number of imidazole rings is 1. The van der Waals surface area contributed by atoms with Gasteiger partial charge in [0.2, 0.25) is 0 Å². The van der Waals surface area contributed by atoms with Gasteiger partial charge in [-0.3, -0.25) is 0 Å². The highest BCUT2D eigenvalue weighted by Gasteiger charge is 2.13. The number of hydrogen-bond acceptors (Lipinski definition) is 2. The molecule has 0 atom stereocenters. The van der Waals surface area contributed by atoms with Gasteiger partial charge in [-0.15, -0.1) is 11.6 Å². The van der Waals surface area contributed by atoms with E-state index in [2.05, 4.69) is 23.4 Å². The number of fused-ring (bicyclic) bond motifs is 1. The summed E-state index contributed by atoms with van der Waals surface area (Å²) in [5, 5.41) is 0. The summed E-state index contributed by atoms with van der Waals surface area (Å²) in [7, 11) is 1.68. The Labute approximate surface area is 106 Å². The van der Waals surface area contributed by atoms with Crippen LogP contribution < -0.4 is 4.74 Å². The van der Waals surface area contributed by atoms with Gasteiger partial charge in [-0.05, 0) is 26.0 Å². The molecule has 1 aromatic carbocycles. The number of methoxy groups -OCH3 is 1. The third kappa shape index (κ3) is 2.25. The van der Waals surface area contributed by atoms with E-state index in [9.17, 15) is 0 Å². The summed E-state index contributed by atoms with van der Waals surface area (Å²) < 4.78 is 7.48. The maximum absolute atomic E-state index is 5.82. The number of benzene rings is 1. The van der Waals surface area contributed by atoms with E-state index in [0.717, 1.165) is 29.0 Å². The predicted molar refractivity (Wildman–Crippen MR) is 71.1 cm³/mol. The van der Waals surface area contributed by atoms with Crippen molar-refractivity contribution >= 4 is 22.6 Å². The van der Waals surface area contributed by atoms with Crippen LogP contribution in [0.25, 0.3) is 11.0 Å². The quantitative estimate of drug-likeness (QED) is 0.780. The number of nitrogens with zero attached hydrogens (tertiary/aromatic N) is 2. The molecule has 0 fully saturated rings. The van der Waals surface area contributed by atoms with Crippen molar-refractivity contribution in [3.05, 3.63) is 24.0 Å². The Morgan fingerprint density at radius 3 is 2.76 bits per heavy atom. The van der Waals surface area contributed by atoms with E-state index in [0.29, 0.717) is 11.9 Å². The number of alkyl halides is 1. The minimum absolute atomic E-state index is 0.366. The van der Waals surface area contributed by atoms with Crippen molar-refractivity contribution in [2.24, 2.45) is 0 Å². The second kappa shape index (κ2) is 4.96. The minimum Gasteiger partial charge on any atom is -0.497 e. The third-order valence-corrected chi connectivity index (χ3v) is 2.99. The second-order valence-electron chi connectivity index (χ2n) is 4.29. The van der Waals surface area contributed by atoms with Gasteiger partial charge in [0.25, 0.3) is 0 Å². The summed E-state index contributed by atoms with van der Waals surface area (Å²) in [5.41, 5.74) is 2.11. The van der Waals surface area contributed by atoms with Gasteiger partial charge in [0.15, 0.2) is 0 Å². The smallest absolute Gasteiger partial charge is 0.121 e. The first-order valence-corrected chi connectivity index (χ1v) is 6.31. The summed E-state index contributed by atoms with van der Waals surface area (Å²) in [6.45, 7) is 4.30. The standard InChI is InChI=1S/C13H17ClN2O/c1-9(2)16-12-8-10(17-3)4-5-11(12)15-13(16)6-7-14/h4-5,8-9H,6-7H2,1-3H3. The lowest BCUT2D eigenvalue weighted by atomic mass is 10.2. The van der Waals surface area contributed by atoms with Crippen LogP contribution >= 0.6 is 11.6 Å². The van der Waals surface area contributed by atoms with Crippen molar-refractivity contribution in [3.8, 4) is 5.75 Å². The number of aromatic nitrogens is 2. The SMILES string of the molecule is COc1ccc2nc(CCCl)n(C(C)C)c2c1. The van der Waals surface area contributed by atoms with Crippen molar-refractivity contribution in [1.29, 1.82) is 0 Å². The summed E-state index contributed by atoms with van der Waals surface area (Å²) in [5.74, 6) is 2.49. The molecule has 17 heavy (non-hydrogen) atoms. The van der Waals surface area contributed by atoms with Gasteiger partial charge in [0, 0.05) is 24.4 Å². The van der Waals surface area contributed by atoms with E-state index in [1.54, 1.807) is 7.11 Å². The Balaban J connectivity index is 2.63. The molecule has 1 aromatic heterocycles. The van der Waals surface area contributed by atoms with Gasteiger partial charge >= 0.3 is 0 Å². The third-order valence-electron chi connectivity index (χ3n) is 2.80. The Bertz CT molecular complexity index is 519. The van der Waals surface area contributed by atoms with Crippen LogP contribution in [-0.2, 0) is 6.42 Å². The highest BCUT2D eigenvalue weighted by atomic mass is 35.5. The number of halogens is 1. The van der Waals surface area contributed by atoms with Gasteiger partial charge < -0.3 is 9.30 Å². The Morgan fingerprint density at radius 1 is 1.41 bits per heavy atom. The number of aryl methyl sites for hydroxylation is 1. The summed E-state index contributed by atoms with van der Waals surface area (Å²) >= 11 is 5.82. The van der Waals surface area contributed by atoms with Crippen molar-refractivity contribution in [2.45, 2.75) is 26.3 Å². The largest absolute Gasteiger partial charge is 0.497 e. The Hall–Kier alpha value is -1.22. The molecule has 0 bridgehead atoms. The molecule has 0 amide bonds. The van der Waals surface area contributed by atoms with Crippen LogP contribution in [0, 0.1) is 0 Å². The van der Waals surface area contributed by atoms with Crippen LogP contribution in [0.1, 0.15) is 25.7 Å². The van der Waals surface area contributed by atoms with Crippen molar-refractivity contribution in [1.82, 2.24) is 9.55 Å². The molecule has 4 heteroatoms. The molecular weight excluding hydrogens is 236 g/mol. The van der Waals surface area contributed by atoms with Gasteiger partial charge in [-0.1, -0.05) is 0 Å². The number of ether oxygens (including phenoxy) is 1. The van der Waals surface area contributed by atoms with Gasteiger partial charge in [0.1, 0.15) is 11.6 Å². The second-order valence-corrected chi connectivity index (χ2v) is 4.66. The summed E-state index contributed by atoms with van der Waals surface area (Å²) in [4.78, 5) is 4.62. The lowest BCUT2D eigenvalue weighted by Crippen LogP contribution is -2.06. The molecule has 0 unspecified atom stereocenters. The van der Waals surface area contributed by atoms with Crippen LogP contribution in [0.3, 0.4) is 0 Å². The Kier molecular flexibility index (Phi) is 3.57. The lowest BCUT2D eigenvalue weighted by molar-refractivity contribution is 0.415. The van der Waals surface area contributed by atoms with Crippen molar-refractivity contribution < 1.29 is 4.74 Å². The van der Waals surface area contributed by atoms with Crippen molar-refractivity contribution in [3.63, 3.8) is 0 Å². The average molecular weight is 253 g/mol. The normalized spacial score (nSPS) is 11.4. The molecule has 0 spiro atoms. The van der Waals surface area contributed by atoms with E-state index in [4.69, 9.17) is 16.3 Å². The first-order valence-electron chi connectivity index (χ1n) is 5.78. The monoisotopic (exact) mass is 252 g/mol. The predicted octanol–water partition coefficient (Wildman–Crippen LogP) is 3.41. The van der Waals surface area contributed by atoms with E-state index in [-0.39, 0.29) is 0 Å². The maximum atomic E-state index is 5.82. The summed E-state index contributed by atoms with van der Waals surface area (Å²) in [6, 6.07) is 6.32. The molecule has 0 aliphatic rings. The van der Waals surface area contributed by atoms with Crippen LogP contribution in [0.2, 0.25) is 0 Å². The molecule has 0 saturated carbocycles. The fraction of sp³-hybridized carbons (Fsp3) is 0.462. The molecular formula is C13H17ClN2O. The van der Waals surface area contributed by atoms with Gasteiger partial charge in [-0.2, -0.15) is 0 Å². The van der Waals surface area contributed by atoms with Gasteiger partial charge in [0.05, 0.1) is 18.1 Å². The molecule has 0 aliphatic carbocycles. The molecule has 1 heterocycles. The highest BCUT2D eigenvalue weighted by Crippen LogP contribution is 2.25. The number of rotatable bonds is 4. The molecule has 0 saturated heterocycles. The first kappa shape index (κ1) is 12.2. The highest BCUT2D eigenvalue weighted by molar-refractivity contribution is 6.17. The first-order chi connectivity index (χ1) is 8.17. The van der Waals surface area contributed by atoms with Crippen LogP contribution in [0.15, 0.2) is 18.2 Å². The maximum Gasteiger partial charge on any atom is 0.121 e. The van der Waals surface area contributed by atoms with E-state index >= 15 is 0 Å². The number of hydrogen-bond donors (Lipinski definition) is 0. The fourth-order valence-corrected chi connectivity index (χ4v) is 2.26. The van der Waals surface area contributed by atoms with Crippen LogP contribution in [0.4, 0.5) is 0 Å². The Morgan fingerprint density at radius 2 is 2.18 bits per heavy atom. The lowest BCUT2D eigenvalue weighted by Gasteiger charge is -2.12. The molecule has 2 aromatic rings. The minimum atomic E-state index is 0.366. The topological polar surface area (TPSA) is 27.1 Å². The van der Waals surface area contributed by atoms with Gasteiger partial charge in [-0.25, -0.2) is 4.98 Å². The molecule has 92 valence electrons. The molecule has 0 N–H and O–H groups in total. The average Bonchev–Trinajstić information content (AvgIpc) is 2.66. The molecule has 2 rings (SSSR count). The zero-order valence-corrected chi connectivity index (χ0v) is 11.2. The fourth-order valence-electron chi connectivity index (χ4n) is 2.09. The van der Waals surface area contributed by atoms with E-state index < -0.39 is 0 Å². The summed E-state index contributed by atoms with van der Waals surface area (Å²) in [6.07, 6.45) is 0.788. The van der Waals surface area contributed by atoms with Crippen molar-refractivity contribution in [2.75, 3.05) is 13.0 Å². The molecule has 0 radical (unpaired) electrons. The van der Waals surface area contributed by atoms with E-state index in [1.165, 1.54) is 0 Å². The zero-order chi connectivity index (χ0) is 12.4. The molecule has 0 aliphatic heterocycles. The molecule has 3 nitrogen and oxygen atoms in total.